The van der Waals surface area contributed by atoms with Crippen molar-refractivity contribution in [1.82, 2.24) is 0 Å². The van der Waals surface area contributed by atoms with Crippen molar-refractivity contribution in [3.8, 4) is 0 Å². The normalized spacial score (nSPS) is 12.4. The molecule has 0 fully saturated rings. The van der Waals surface area contributed by atoms with Gasteiger partial charge >= 0.3 is 162 Å². The molecule has 1 aromatic carbocycles. The summed E-state index contributed by atoms with van der Waals surface area (Å²) in [6.45, 7) is 13.3. The fourth-order valence-electron chi connectivity index (χ4n) is 3.73. The van der Waals surface area contributed by atoms with E-state index in [2.05, 4.69) is 68.7 Å². The zero-order valence-electron chi connectivity index (χ0n) is 17.2. The van der Waals surface area contributed by atoms with Gasteiger partial charge in [0.1, 0.15) is 0 Å². The van der Waals surface area contributed by atoms with Crippen LogP contribution in [-0.4, -0.2) is 18.4 Å². The van der Waals surface area contributed by atoms with Gasteiger partial charge in [0.15, 0.2) is 0 Å². The van der Waals surface area contributed by atoms with E-state index in [4.69, 9.17) is 0 Å². The van der Waals surface area contributed by atoms with Gasteiger partial charge in [-0.2, -0.15) is 0 Å². The maximum atomic E-state index is 4.04. The Bertz CT molecular complexity index is 488. The van der Waals surface area contributed by atoms with Gasteiger partial charge < -0.3 is 0 Å². The van der Waals surface area contributed by atoms with E-state index in [1.807, 2.05) is 0 Å². The standard InChI is InChI=1S/C12H13.3C4H9.Sn/c1-4-5-11(3)12-8-6-10(2)7-9-12;3*1-3-4-2;/h3-4,6-9H,1,5H2,2H3;3*1,3-4H2,2H3;. The Labute approximate surface area is 161 Å². The molecule has 0 aromatic heterocycles. The quantitative estimate of drug-likeness (QED) is 0.211. The Morgan fingerprint density at radius 2 is 1.36 bits per heavy atom. The zero-order chi connectivity index (χ0) is 18.5. The fourth-order valence-corrected chi connectivity index (χ4v) is 19.1. The number of aryl methyl sites for hydroxylation is 1. The van der Waals surface area contributed by atoms with Crippen LogP contribution in [0.4, 0.5) is 0 Å². The second-order valence-corrected chi connectivity index (χ2v) is 20.6. The predicted molar refractivity (Wildman–Crippen MR) is 119 cm³/mol. The van der Waals surface area contributed by atoms with Crippen LogP contribution < -0.4 is 0 Å². The van der Waals surface area contributed by atoms with Gasteiger partial charge in [0.25, 0.3) is 0 Å². The summed E-state index contributed by atoms with van der Waals surface area (Å²) in [6.07, 6.45) is 11.4. The van der Waals surface area contributed by atoms with Crippen molar-refractivity contribution in [2.24, 2.45) is 0 Å². The summed E-state index contributed by atoms with van der Waals surface area (Å²) >= 11 is -2.25. The van der Waals surface area contributed by atoms with E-state index >= 15 is 0 Å². The molecule has 1 rings (SSSR count). The van der Waals surface area contributed by atoms with Gasteiger partial charge in [0.05, 0.1) is 0 Å². The van der Waals surface area contributed by atoms with Crippen LogP contribution in [0.25, 0.3) is 5.57 Å². The zero-order valence-corrected chi connectivity index (χ0v) is 20.1. The molecular formula is C24H40Sn. The van der Waals surface area contributed by atoms with Crippen LogP contribution in [0.3, 0.4) is 0 Å². The summed E-state index contributed by atoms with van der Waals surface area (Å²) in [7, 11) is 0. The van der Waals surface area contributed by atoms with Crippen LogP contribution >= 0.6 is 0 Å². The van der Waals surface area contributed by atoms with Crippen molar-refractivity contribution in [1.29, 1.82) is 0 Å². The first-order chi connectivity index (χ1) is 12.1. The van der Waals surface area contributed by atoms with E-state index in [1.54, 1.807) is 5.57 Å². The summed E-state index contributed by atoms with van der Waals surface area (Å²) in [5.41, 5.74) is 4.34. The molecular weight excluding hydrogens is 407 g/mol. The van der Waals surface area contributed by atoms with E-state index in [9.17, 15) is 0 Å². The Morgan fingerprint density at radius 3 is 1.76 bits per heavy atom. The average molecular weight is 447 g/mol. The first kappa shape index (κ1) is 22.5. The second kappa shape index (κ2) is 12.8. The second-order valence-electron chi connectivity index (χ2n) is 7.70. The van der Waals surface area contributed by atoms with Crippen molar-refractivity contribution in [3.05, 3.63) is 52.1 Å². The maximum absolute atomic E-state index is 4.04. The van der Waals surface area contributed by atoms with Gasteiger partial charge in [0, 0.05) is 0 Å². The monoisotopic (exact) mass is 448 g/mol. The van der Waals surface area contributed by atoms with E-state index in [1.165, 1.54) is 63.0 Å². The molecule has 0 unspecified atom stereocenters. The Kier molecular flexibility index (Phi) is 11.5. The molecule has 0 aliphatic heterocycles. The molecule has 0 N–H and O–H groups in total. The number of allylic oxidation sites excluding steroid dienone is 2. The minimum atomic E-state index is -2.25. The number of benzene rings is 1. The van der Waals surface area contributed by atoms with Crippen molar-refractivity contribution in [2.45, 2.75) is 86.0 Å². The Hall–Kier alpha value is -0.501. The number of hydrogen-bond acceptors (Lipinski definition) is 0. The fraction of sp³-hybridized carbons (Fsp3) is 0.583. The van der Waals surface area contributed by atoms with Gasteiger partial charge in [-0.3, -0.25) is 0 Å². The molecule has 0 saturated carbocycles. The van der Waals surface area contributed by atoms with E-state index in [-0.39, 0.29) is 0 Å². The van der Waals surface area contributed by atoms with E-state index < -0.39 is 18.4 Å². The van der Waals surface area contributed by atoms with Gasteiger partial charge in [-0.1, -0.05) is 0 Å². The third-order valence-corrected chi connectivity index (χ3v) is 19.6. The topological polar surface area (TPSA) is 0 Å². The van der Waals surface area contributed by atoms with Gasteiger partial charge in [-0.25, -0.2) is 0 Å². The van der Waals surface area contributed by atoms with E-state index in [0.717, 1.165) is 6.42 Å². The van der Waals surface area contributed by atoms with Gasteiger partial charge in [-0.05, 0) is 0 Å². The predicted octanol–water partition coefficient (Wildman–Crippen LogP) is 8.34. The Balaban J connectivity index is 3.25. The molecule has 0 aliphatic carbocycles. The molecule has 0 nitrogen and oxygen atoms in total. The molecule has 0 saturated heterocycles. The summed E-state index contributed by atoms with van der Waals surface area (Å²) in [5, 5.41) is 0. The van der Waals surface area contributed by atoms with Crippen LogP contribution in [0.2, 0.25) is 13.3 Å². The molecule has 0 atom stereocenters. The minimum absolute atomic E-state index is 1.02. The van der Waals surface area contributed by atoms with Crippen molar-refractivity contribution < 1.29 is 0 Å². The molecule has 0 aliphatic rings. The first-order valence-electron chi connectivity index (χ1n) is 10.5. The molecule has 25 heavy (non-hydrogen) atoms. The van der Waals surface area contributed by atoms with Gasteiger partial charge in [-0.15, -0.1) is 0 Å². The number of unbranched alkanes of at least 4 members (excludes halogenated alkanes) is 3. The molecule has 1 heteroatoms. The summed E-state index contributed by atoms with van der Waals surface area (Å²) < 4.78 is 7.48. The third-order valence-electron chi connectivity index (χ3n) is 5.35. The van der Waals surface area contributed by atoms with E-state index in [0.29, 0.717) is 0 Å². The van der Waals surface area contributed by atoms with Crippen molar-refractivity contribution in [3.63, 3.8) is 0 Å². The van der Waals surface area contributed by atoms with Gasteiger partial charge in [0.2, 0.25) is 0 Å². The summed E-state index contributed by atoms with van der Waals surface area (Å²) in [4.78, 5) is 0. The average Bonchev–Trinajstić information content (AvgIpc) is 2.63. The van der Waals surface area contributed by atoms with Crippen LogP contribution in [0.15, 0.2) is 41.0 Å². The number of rotatable bonds is 13. The summed E-state index contributed by atoms with van der Waals surface area (Å²) in [6, 6.07) is 9.16. The molecule has 0 heterocycles. The first-order valence-corrected chi connectivity index (χ1v) is 18.2. The molecule has 0 radical (unpaired) electrons. The number of hydrogen-bond donors (Lipinski definition) is 0. The molecule has 0 spiro atoms. The molecule has 1 aromatic rings. The van der Waals surface area contributed by atoms with Crippen molar-refractivity contribution in [2.75, 3.05) is 0 Å². The van der Waals surface area contributed by atoms with Crippen LogP contribution in [-0.2, 0) is 0 Å². The third kappa shape index (κ3) is 8.15. The van der Waals surface area contributed by atoms with Crippen LogP contribution in [0, 0.1) is 6.92 Å². The van der Waals surface area contributed by atoms with Crippen LogP contribution in [0.5, 0.6) is 0 Å². The molecule has 140 valence electrons. The Morgan fingerprint density at radius 1 is 0.880 bits per heavy atom. The van der Waals surface area contributed by atoms with Crippen molar-refractivity contribution >= 4 is 24.0 Å². The SMILES string of the molecule is C=CC/C(=[CH]/[Sn]([CH2]CCC)([CH2]CCC)[CH2]CCC)c1ccc(C)cc1. The molecule has 0 bridgehead atoms. The van der Waals surface area contributed by atoms with Crippen LogP contribution in [0.1, 0.15) is 76.8 Å². The molecule has 0 amide bonds. The summed E-state index contributed by atoms with van der Waals surface area (Å²) in [5.74, 6) is 0.